The number of carbonyl (C=O) groups is 1. The van der Waals surface area contributed by atoms with Crippen LogP contribution in [0.25, 0.3) is 0 Å². The number of carbonyl (C=O) groups excluding carboxylic acids is 1. The highest BCUT2D eigenvalue weighted by Crippen LogP contribution is 2.26. The smallest absolute Gasteiger partial charge is 0.292 e. The summed E-state index contributed by atoms with van der Waals surface area (Å²) in [4.78, 5) is 16.0. The molecule has 1 amide bonds. The number of hydrogen-bond donors (Lipinski definition) is 2. The quantitative estimate of drug-likeness (QED) is 0.837. The van der Waals surface area contributed by atoms with Crippen LogP contribution < -0.4 is 10.6 Å². The fraction of sp³-hybridized carbons (Fsp3) is 0.750. The Morgan fingerprint density at radius 2 is 2.33 bits per heavy atom. The summed E-state index contributed by atoms with van der Waals surface area (Å²) < 4.78 is 5.14. The van der Waals surface area contributed by atoms with Gasteiger partial charge in [0.1, 0.15) is 0 Å². The Bertz CT molecular complexity index is 433. The average Bonchev–Trinajstić information content (AvgIpc) is 2.97. The van der Waals surface area contributed by atoms with Crippen molar-refractivity contribution in [2.45, 2.75) is 44.7 Å². The summed E-state index contributed by atoms with van der Waals surface area (Å²) in [5.41, 5.74) is 0. The molecule has 0 radical (unpaired) electrons. The maximum absolute atomic E-state index is 11.9. The van der Waals surface area contributed by atoms with E-state index < -0.39 is 0 Å². The van der Waals surface area contributed by atoms with Gasteiger partial charge >= 0.3 is 0 Å². The van der Waals surface area contributed by atoms with Crippen LogP contribution in [0, 0.1) is 5.92 Å². The molecule has 2 aliphatic rings. The van der Waals surface area contributed by atoms with Gasteiger partial charge in [-0.2, -0.15) is 4.98 Å². The standard InChI is InChI=1S/C12H18N4O2/c1-7-5-8(6-7)14-11(17)10-15-12(18-16-10)9-3-2-4-13-9/h7-9,13H,2-6H2,1H3,(H,14,17). The SMILES string of the molecule is CC1CC(NC(=O)c2noc(C3CCCN3)n2)C1. The molecule has 2 fully saturated rings. The molecule has 1 atom stereocenters. The Morgan fingerprint density at radius 1 is 1.50 bits per heavy atom. The van der Waals surface area contributed by atoms with Crippen molar-refractivity contribution >= 4 is 5.91 Å². The highest BCUT2D eigenvalue weighted by molar-refractivity contribution is 5.90. The normalized spacial score (nSPS) is 31.1. The second kappa shape index (κ2) is 4.68. The van der Waals surface area contributed by atoms with Gasteiger partial charge in [0.05, 0.1) is 6.04 Å². The molecule has 1 aliphatic heterocycles. The van der Waals surface area contributed by atoms with Gasteiger partial charge in [-0.1, -0.05) is 12.1 Å². The van der Waals surface area contributed by atoms with E-state index in [-0.39, 0.29) is 23.8 Å². The fourth-order valence-electron chi connectivity index (χ4n) is 2.63. The summed E-state index contributed by atoms with van der Waals surface area (Å²) >= 11 is 0. The minimum atomic E-state index is -0.222. The third-order valence-corrected chi connectivity index (χ3v) is 3.71. The summed E-state index contributed by atoms with van der Waals surface area (Å²) in [6, 6.07) is 0.391. The van der Waals surface area contributed by atoms with Gasteiger partial charge in [-0.05, 0) is 38.1 Å². The van der Waals surface area contributed by atoms with Crippen molar-refractivity contribution in [2.75, 3.05) is 6.54 Å². The van der Waals surface area contributed by atoms with E-state index in [0.29, 0.717) is 11.8 Å². The zero-order valence-corrected chi connectivity index (χ0v) is 10.5. The van der Waals surface area contributed by atoms with Crippen LogP contribution in [0.3, 0.4) is 0 Å². The minimum Gasteiger partial charge on any atom is -0.346 e. The number of nitrogens with zero attached hydrogens (tertiary/aromatic N) is 2. The summed E-state index contributed by atoms with van der Waals surface area (Å²) in [5, 5.41) is 9.94. The largest absolute Gasteiger partial charge is 0.346 e. The lowest BCUT2D eigenvalue weighted by molar-refractivity contribution is 0.0882. The monoisotopic (exact) mass is 250 g/mol. The van der Waals surface area contributed by atoms with Crippen LogP contribution >= 0.6 is 0 Å². The first-order valence-electron chi connectivity index (χ1n) is 6.60. The first-order valence-corrected chi connectivity index (χ1v) is 6.60. The number of hydrogen-bond acceptors (Lipinski definition) is 5. The van der Waals surface area contributed by atoms with Gasteiger partial charge in [-0.25, -0.2) is 0 Å². The highest BCUT2D eigenvalue weighted by Gasteiger charge is 2.29. The zero-order valence-electron chi connectivity index (χ0n) is 10.5. The molecule has 6 heteroatoms. The lowest BCUT2D eigenvalue weighted by atomic mass is 9.82. The Morgan fingerprint density at radius 3 is 3.00 bits per heavy atom. The third-order valence-electron chi connectivity index (χ3n) is 3.71. The van der Waals surface area contributed by atoms with Gasteiger partial charge < -0.3 is 15.2 Å². The molecule has 0 aromatic carbocycles. The Kier molecular flexibility index (Phi) is 3.03. The van der Waals surface area contributed by atoms with Crippen LogP contribution in [0.2, 0.25) is 0 Å². The van der Waals surface area contributed by atoms with Crippen molar-refractivity contribution in [3.63, 3.8) is 0 Å². The molecule has 3 rings (SSSR count). The van der Waals surface area contributed by atoms with Crippen molar-refractivity contribution in [1.82, 2.24) is 20.8 Å². The van der Waals surface area contributed by atoms with E-state index >= 15 is 0 Å². The molecule has 1 saturated carbocycles. The van der Waals surface area contributed by atoms with Crippen molar-refractivity contribution < 1.29 is 9.32 Å². The minimum absolute atomic E-state index is 0.114. The fourth-order valence-corrected chi connectivity index (χ4v) is 2.63. The van der Waals surface area contributed by atoms with E-state index in [1.54, 1.807) is 0 Å². The molecule has 6 nitrogen and oxygen atoms in total. The molecule has 98 valence electrons. The van der Waals surface area contributed by atoms with Crippen LogP contribution in [0.4, 0.5) is 0 Å². The van der Waals surface area contributed by atoms with E-state index in [4.69, 9.17) is 4.52 Å². The summed E-state index contributed by atoms with van der Waals surface area (Å²) in [7, 11) is 0. The van der Waals surface area contributed by atoms with Crippen molar-refractivity contribution in [3.8, 4) is 0 Å². The van der Waals surface area contributed by atoms with Gasteiger partial charge in [0.25, 0.3) is 11.7 Å². The molecular formula is C12H18N4O2. The second-order valence-corrected chi connectivity index (χ2v) is 5.35. The van der Waals surface area contributed by atoms with Crippen LogP contribution in [0.15, 0.2) is 4.52 Å². The van der Waals surface area contributed by atoms with Gasteiger partial charge in [0, 0.05) is 6.04 Å². The molecule has 1 unspecified atom stereocenters. The van der Waals surface area contributed by atoms with Crippen molar-refractivity contribution in [2.24, 2.45) is 5.92 Å². The predicted molar refractivity (Wildman–Crippen MR) is 63.9 cm³/mol. The predicted octanol–water partition coefficient (Wildman–Crippen LogP) is 1.02. The van der Waals surface area contributed by atoms with Gasteiger partial charge in [0.2, 0.25) is 5.89 Å². The Balaban J connectivity index is 1.60. The Labute approximate surface area is 106 Å². The van der Waals surface area contributed by atoms with Crippen LogP contribution in [0.1, 0.15) is 55.2 Å². The van der Waals surface area contributed by atoms with E-state index in [2.05, 4.69) is 27.7 Å². The Hall–Kier alpha value is -1.43. The van der Waals surface area contributed by atoms with Gasteiger partial charge in [0.15, 0.2) is 0 Å². The van der Waals surface area contributed by atoms with Gasteiger partial charge in [-0.15, -0.1) is 0 Å². The van der Waals surface area contributed by atoms with Gasteiger partial charge in [-0.3, -0.25) is 4.79 Å². The molecule has 1 aromatic heterocycles. The van der Waals surface area contributed by atoms with E-state index in [1.807, 2.05) is 0 Å². The van der Waals surface area contributed by atoms with E-state index in [1.165, 1.54) is 0 Å². The molecule has 1 aromatic rings. The number of aromatic nitrogens is 2. The van der Waals surface area contributed by atoms with Crippen LogP contribution in [-0.2, 0) is 0 Å². The molecule has 0 spiro atoms. The molecular weight excluding hydrogens is 232 g/mol. The average molecular weight is 250 g/mol. The lowest BCUT2D eigenvalue weighted by Crippen LogP contribution is -2.43. The highest BCUT2D eigenvalue weighted by atomic mass is 16.5. The second-order valence-electron chi connectivity index (χ2n) is 5.35. The summed E-state index contributed by atoms with van der Waals surface area (Å²) in [6.07, 6.45) is 4.18. The maximum Gasteiger partial charge on any atom is 0.292 e. The topological polar surface area (TPSA) is 80.0 Å². The molecule has 1 aliphatic carbocycles. The molecule has 18 heavy (non-hydrogen) atoms. The first-order chi connectivity index (χ1) is 8.72. The molecule has 1 saturated heterocycles. The molecule has 0 bridgehead atoms. The number of rotatable bonds is 3. The van der Waals surface area contributed by atoms with Crippen LogP contribution in [0.5, 0.6) is 0 Å². The van der Waals surface area contributed by atoms with E-state index in [0.717, 1.165) is 32.2 Å². The van der Waals surface area contributed by atoms with Crippen molar-refractivity contribution in [1.29, 1.82) is 0 Å². The van der Waals surface area contributed by atoms with E-state index in [9.17, 15) is 4.79 Å². The molecule has 2 heterocycles. The number of nitrogens with one attached hydrogen (secondary N) is 2. The summed E-state index contributed by atoms with van der Waals surface area (Å²) in [6.45, 7) is 3.15. The van der Waals surface area contributed by atoms with Crippen LogP contribution in [-0.4, -0.2) is 28.6 Å². The third kappa shape index (κ3) is 2.25. The molecule has 2 N–H and O–H groups in total. The van der Waals surface area contributed by atoms with Crippen molar-refractivity contribution in [3.05, 3.63) is 11.7 Å². The number of amides is 1. The zero-order chi connectivity index (χ0) is 12.5. The lowest BCUT2D eigenvalue weighted by Gasteiger charge is -2.32. The maximum atomic E-state index is 11.9. The first kappa shape index (κ1) is 11.6. The summed E-state index contributed by atoms with van der Waals surface area (Å²) in [5.74, 6) is 1.16.